The Morgan fingerprint density at radius 3 is 2.43 bits per heavy atom. The van der Waals surface area contributed by atoms with E-state index >= 15 is 0 Å². The van der Waals surface area contributed by atoms with Crippen LogP contribution in [0.15, 0.2) is 18.2 Å². The SMILES string of the molecule is Cc1ccc(-c2nc(C(C)C)n(CC(C)C)c2N)cc1F. The molecule has 0 aliphatic heterocycles. The van der Waals surface area contributed by atoms with Crippen molar-refractivity contribution in [1.29, 1.82) is 0 Å². The molecule has 2 N–H and O–H groups in total. The van der Waals surface area contributed by atoms with E-state index in [0.29, 0.717) is 23.0 Å². The lowest BCUT2D eigenvalue weighted by Gasteiger charge is -2.14. The van der Waals surface area contributed by atoms with Crippen LogP contribution in [0.4, 0.5) is 10.2 Å². The van der Waals surface area contributed by atoms with Crippen molar-refractivity contribution in [2.45, 2.75) is 47.1 Å². The van der Waals surface area contributed by atoms with E-state index in [2.05, 4.69) is 37.2 Å². The van der Waals surface area contributed by atoms with E-state index in [0.717, 1.165) is 17.9 Å². The molecule has 0 saturated heterocycles. The van der Waals surface area contributed by atoms with Crippen LogP contribution in [-0.4, -0.2) is 9.55 Å². The van der Waals surface area contributed by atoms with Crippen LogP contribution >= 0.6 is 0 Å². The zero-order valence-corrected chi connectivity index (χ0v) is 13.4. The molecule has 4 heteroatoms. The number of hydrogen-bond donors (Lipinski definition) is 1. The fraction of sp³-hybridized carbons (Fsp3) is 0.471. The molecular formula is C17H24FN3. The van der Waals surface area contributed by atoms with Gasteiger partial charge in [0.2, 0.25) is 0 Å². The number of rotatable bonds is 4. The Labute approximate surface area is 126 Å². The fourth-order valence-corrected chi connectivity index (χ4v) is 2.43. The number of halogens is 1. The van der Waals surface area contributed by atoms with E-state index in [1.807, 2.05) is 6.07 Å². The topological polar surface area (TPSA) is 43.8 Å². The number of nitrogens with zero attached hydrogens (tertiary/aromatic N) is 2. The minimum Gasteiger partial charge on any atom is -0.383 e. The number of aryl methyl sites for hydroxylation is 1. The van der Waals surface area contributed by atoms with Crippen molar-refractivity contribution in [2.24, 2.45) is 5.92 Å². The summed E-state index contributed by atoms with van der Waals surface area (Å²) in [5.74, 6) is 2.10. The zero-order chi connectivity index (χ0) is 15.7. The van der Waals surface area contributed by atoms with E-state index in [1.54, 1.807) is 13.0 Å². The van der Waals surface area contributed by atoms with E-state index in [-0.39, 0.29) is 11.7 Å². The van der Waals surface area contributed by atoms with Crippen LogP contribution in [-0.2, 0) is 6.54 Å². The van der Waals surface area contributed by atoms with Crippen molar-refractivity contribution in [3.63, 3.8) is 0 Å². The summed E-state index contributed by atoms with van der Waals surface area (Å²) >= 11 is 0. The average Bonchev–Trinajstić information content (AvgIpc) is 2.70. The van der Waals surface area contributed by atoms with Gasteiger partial charge in [0, 0.05) is 18.0 Å². The highest BCUT2D eigenvalue weighted by molar-refractivity contribution is 5.71. The van der Waals surface area contributed by atoms with Gasteiger partial charge in [-0.15, -0.1) is 0 Å². The van der Waals surface area contributed by atoms with Crippen LogP contribution in [0.25, 0.3) is 11.3 Å². The lowest BCUT2D eigenvalue weighted by Crippen LogP contribution is -2.12. The Morgan fingerprint density at radius 1 is 1.24 bits per heavy atom. The summed E-state index contributed by atoms with van der Waals surface area (Å²) in [7, 11) is 0. The quantitative estimate of drug-likeness (QED) is 0.908. The van der Waals surface area contributed by atoms with Crippen LogP contribution in [0.1, 0.15) is 45.0 Å². The molecule has 0 fully saturated rings. The number of anilines is 1. The molecule has 1 aromatic heterocycles. The van der Waals surface area contributed by atoms with Crippen molar-refractivity contribution in [3.05, 3.63) is 35.4 Å². The first-order valence-electron chi connectivity index (χ1n) is 7.43. The molecule has 0 saturated carbocycles. The van der Waals surface area contributed by atoms with Gasteiger partial charge in [-0.05, 0) is 24.5 Å². The van der Waals surface area contributed by atoms with Gasteiger partial charge in [-0.25, -0.2) is 9.37 Å². The largest absolute Gasteiger partial charge is 0.383 e. The Kier molecular flexibility index (Phi) is 4.35. The third-order valence-corrected chi connectivity index (χ3v) is 3.55. The van der Waals surface area contributed by atoms with Crippen molar-refractivity contribution < 1.29 is 4.39 Å². The summed E-state index contributed by atoms with van der Waals surface area (Å²) in [6, 6.07) is 5.15. The molecule has 0 bridgehead atoms. The van der Waals surface area contributed by atoms with E-state index in [4.69, 9.17) is 5.73 Å². The minimum atomic E-state index is -0.226. The Balaban J connectivity index is 2.56. The van der Waals surface area contributed by atoms with Gasteiger partial charge in [0.05, 0.1) is 0 Å². The van der Waals surface area contributed by atoms with Gasteiger partial charge in [0.25, 0.3) is 0 Å². The molecule has 0 spiro atoms. The maximum Gasteiger partial charge on any atom is 0.131 e. The molecule has 0 amide bonds. The second kappa shape index (κ2) is 5.88. The predicted molar refractivity (Wildman–Crippen MR) is 85.7 cm³/mol. The molecule has 2 aromatic rings. The Hall–Kier alpha value is -1.84. The van der Waals surface area contributed by atoms with E-state index in [1.165, 1.54) is 6.07 Å². The van der Waals surface area contributed by atoms with Gasteiger partial charge in [0.1, 0.15) is 23.2 Å². The number of nitrogens with two attached hydrogens (primary N) is 1. The first kappa shape index (κ1) is 15.5. The van der Waals surface area contributed by atoms with Crippen molar-refractivity contribution in [1.82, 2.24) is 9.55 Å². The Bertz CT molecular complexity index is 642. The first-order chi connectivity index (χ1) is 9.81. The van der Waals surface area contributed by atoms with Gasteiger partial charge in [-0.1, -0.05) is 39.8 Å². The summed E-state index contributed by atoms with van der Waals surface area (Å²) in [4.78, 5) is 4.67. The molecule has 1 aromatic carbocycles. The summed E-state index contributed by atoms with van der Waals surface area (Å²) in [5, 5.41) is 0. The summed E-state index contributed by atoms with van der Waals surface area (Å²) in [6.45, 7) is 11.1. The molecule has 0 unspecified atom stereocenters. The van der Waals surface area contributed by atoms with E-state index in [9.17, 15) is 4.39 Å². The highest BCUT2D eigenvalue weighted by Gasteiger charge is 2.19. The third-order valence-electron chi connectivity index (χ3n) is 3.55. The van der Waals surface area contributed by atoms with Crippen LogP contribution in [0.2, 0.25) is 0 Å². The lowest BCUT2D eigenvalue weighted by molar-refractivity contribution is 0.502. The van der Waals surface area contributed by atoms with Crippen LogP contribution in [0.5, 0.6) is 0 Å². The predicted octanol–water partition coefficient (Wildman–Crippen LogP) is 4.36. The first-order valence-corrected chi connectivity index (χ1v) is 7.43. The fourth-order valence-electron chi connectivity index (χ4n) is 2.43. The smallest absolute Gasteiger partial charge is 0.131 e. The number of imidazole rings is 1. The third kappa shape index (κ3) is 3.09. The number of nitrogen functional groups attached to an aromatic ring is 1. The molecule has 21 heavy (non-hydrogen) atoms. The summed E-state index contributed by atoms with van der Waals surface area (Å²) in [5.41, 5.74) is 8.33. The van der Waals surface area contributed by atoms with Crippen molar-refractivity contribution >= 4 is 5.82 Å². The molecule has 0 aliphatic rings. The number of hydrogen-bond acceptors (Lipinski definition) is 2. The monoisotopic (exact) mass is 289 g/mol. The molecule has 0 atom stereocenters. The molecular weight excluding hydrogens is 265 g/mol. The van der Waals surface area contributed by atoms with Gasteiger partial charge in [0.15, 0.2) is 0 Å². The van der Waals surface area contributed by atoms with Crippen LogP contribution in [0.3, 0.4) is 0 Å². The van der Waals surface area contributed by atoms with Crippen molar-refractivity contribution in [2.75, 3.05) is 5.73 Å². The normalized spacial score (nSPS) is 11.6. The van der Waals surface area contributed by atoms with Gasteiger partial charge in [-0.3, -0.25) is 0 Å². The maximum atomic E-state index is 13.8. The second-order valence-electron chi connectivity index (χ2n) is 6.33. The van der Waals surface area contributed by atoms with Crippen molar-refractivity contribution in [3.8, 4) is 11.3 Å². The van der Waals surface area contributed by atoms with Crippen LogP contribution < -0.4 is 5.73 Å². The lowest BCUT2D eigenvalue weighted by atomic mass is 10.1. The van der Waals surface area contributed by atoms with Gasteiger partial charge in [-0.2, -0.15) is 0 Å². The highest BCUT2D eigenvalue weighted by Crippen LogP contribution is 2.31. The molecule has 0 aliphatic carbocycles. The van der Waals surface area contributed by atoms with Gasteiger partial charge >= 0.3 is 0 Å². The van der Waals surface area contributed by atoms with Gasteiger partial charge < -0.3 is 10.3 Å². The average molecular weight is 289 g/mol. The van der Waals surface area contributed by atoms with Crippen LogP contribution in [0, 0.1) is 18.7 Å². The molecule has 0 radical (unpaired) electrons. The number of aromatic nitrogens is 2. The molecule has 114 valence electrons. The second-order valence-corrected chi connectivity index (χ2v) is 6.33. The minimum absolute atomic E-state index is 0.226. The maximum absolute atomic E-state index is 13.8. The zero-order valence-electron chi connectivity index (χ0n) is 13.4. The van der Waals surface area contributed by atoms with E-state index < -0.39 is 0 Å². The molecule has 1 heterocycles. The number of benzene rings is 1. The standard InChI is InChI=1S/C17H24FN3/c1-10(2)9-21-16(19)15(20-17(21)11(3)4)13-7-6-12(5)14(18)8-13/h6-8,10-11H,9,19H2,1-5H3. The molecule has 3 nitrogen and oxygen atoms in total. The molecule has 2 rings (SSSR count). The Morgan fingerprint density at radius 2 is 1.90 bits per heavy atom. The summed E-state index contributed by atoms with van der Waals surface area (Å²) in [6.07, 6.45) is 0. The highest BCUT2D eigenvalue weighted by atomic mass is 19.1. The summed E-state index contributed by atoms with van der Waals surface area (Å²) < 4.78 is 15.9.